The molecule has 96 valence electrons. The van der Waals surface area contributed by atoms with E-state index in [0.29, 0.717) is 4.77 Å². The molecule has 0 spiro atoms. The molecule has 0 amide bonds. The molecule has 1 N–H and O–H groups in total. The van der Waals surface area contributed by atoms with Gasteiger partial charge in [-0.05, 0) is 37.9 Å². The van der Waals surface area contributed by atoms with Gasteiger partial charge in [-0.2, -0.15) is 5.10 Å². The van der Waals surface area contributed by atoms with Crippen molar-refractivity contribution in [2.45, 2.75) is 13.5 Å². The number of H-pyrrole nitrogens is 1. The van der Waals surface area contributed by atoms with E-state index in [0.717, 1.165) is 31.0 Å². The van der Waals surface area contributed by atoms with Gasteiger partial charge in [-0.15, -0.1) is 0 Å². The van der Waals surface area contributed by atoms with Crippen LogP contribution in [-0.2, 0) is 6.54 Å². The minimum Gasteiger partial charge on any atom is -0.305 e. The maximum Gasteiger partial charge on any atom is 0.195 e. The van der Waals surface area contributed by atoms with Crippen LogP contribution in [0.15, 0.2) is 24.5 Å². The average Bonchev–Trinajstić information content (AvgIpc) is 2.78. The Labute approximate surface area is 111 Å². The molecule has 0 bridgehead atoms. The number of hydrogen-bond donors (Lipinski definition) is 1. The topological polar surface area (TPSA) is 49.7 Å². The molecular weight excluding hydrogens is 246 g/mol. The largest absolute Gasteiger partial charge is 0.305 e. The highest BCUT2D eigenvalue weighted by Crippen LogP contribution is 2.15. The second-order valence-corrected chi connectivity index (χ2v) is 4.52. The number of rotatable bonds is 5. The number of aromatic nitrogens is 4. The molecule has 0 saturated heterocycles. The molecule has 2 rings (SSSR count). The van der Waals surface area contributed by atoms with Gasteiger partial charge in [-0.25, -0.2) is 0 Å². The predicted molar refractivity (Wildman–Crippen MR) is 73.8 cm³/mol. The number of hydrogen-bond acceptors (Lipinski definition) is 4. The van der Waals surface area contributed by atoms with Crippen molar-refractivity contribution in [2.24, 2.45) is 0 Å². The van der Waals surface area contributed by atoms with Crippen LogP contribution < -0.4 is 0 Å². The van der Waals surface area contributed by atoms with E-state index >= 15 is 0 Å². The van der Waals surface area contributed by atoms with Crippen molar-refractivity contribution < 1.29 is 0 Å². The molecule has 2 aromatic heterocycles. The maximum absolute atomic E-state index is 5.27. The standard InChI is InChI=1S/C12H17N5S/c1-3-16(2)8-9-17-11(14-15-12(17)18)10-4-6-13-7-5-10/h4-7H,3,8-9H2,1-2H3,(H,15,18). The number of nitrogens with one attached hydrogen (secondary N) is 1. The van der Waals surface area contributed by atoms with Crippen molar-refractivity contribution >= 4 is 12.2 Å². The summed E-state index contributed by atoms with van der Waals surface area (Å²) in [7, 11) is 2.09. The molecule has 2 aromatic rings. The highest BCUT2D eigenvalue weighted by Gasteiger charge is 2.08. The Balaban J connectivity index is 2.25. The van der Waals surface area contributed by atoms with Crippen LogP contribution in [0.2, 0.25) is 0 Å². The fourth-order valence-electron chi connectivity index (χ4n) is 1.68. The molecule has 0 aliphatic rings. The molecule has 0 radical (unpaired) electrons. The third-order valence-corrected chi connectivity index (χ3v) is 3.25. The Hall–Kier alpha value is -1.53. The number of likely N-dealkylation sites (N-methyl/N-ethyl adjacent to an activating group) is 1. The highest BCUT2D eigenvalue weighted by molar-refractivity contribution is 7.71. The van der Waals surface area contributed by atoms with Crippen molar-refractivity contribution in [2.75, 3.05) is 20.1 Å². The average molecular weight is 263 g/mol. The highest BCUT2D eigenvalue weighted by atomic mass is 32.1. The van der Waals surface area contributed by atoms with Crippen LogP contribution >= 0.6 is 12.2 Å². The SMILES string of the molecule is CCN(C)CCn1c(-c2ccncc2)n[nH]c1=S. The summed E-state index contributed by atoms with van der Waals surface area (Å²) in [4.78, 5) is 6.25. The molecule has 0 saturated carbocycles. The number of pyridine rings is 1. The second-order valence-electron chi connectivity index (χ2n) is 4.14. The maximum atomic E-state index is 5.27. The first-order valence-corrected chi connectivity index (χ1v) is 6.37. The van der Waals surface area contributed by atoms with Gasteiger partial charge in [0.25, 0.3) is 0 Å². The van der Waals surface area contributed by atoms with E-state index in [-0.39, 0.29) is 0 Å². The molecule has 0 fully saturated rings. The van der Waals surface area contributed by atoms with Crippen LogP contribution in [0.5, 0.6) is 0 Å². The van der Waals surface area contributed by atoms with Crippen LogP contribution in [0.1, 0.15) is 6.92 Å². The van der Waals surface area contributed by atoms with Crippen molar-refractivity contribution in [3.8, 4) is 11.4 Å². The van der Waals surface area contributed by atoms with Gasteiger partial charge in [-0.3, -0.25) is 14.6 Å². The lowest BCUT2D eigenvalue weighted by Gasteiger charge is -2.14. The Bertz CT molecular complexity index is 545. The van der Waals surface area contributed by atoms with E-state index in [4.69, 9.17) is 12.2 Å². The molecule has 0 atom stereocenters. The molecule has 0 unspecified atom stereocenters. The van der Waals surface area contributed by atoms with Gasteiger partial charge in [0, 0.05) is 31.0 Å². The molecule has 6 heteroatoms. The summed E-state index contributed by atoms with van der Waals surface area (Å²) in [5.41, 5.74) is 1.02. The van der Waals surface area contributed by atoms with Gasteiger partial charge < -0.3 is 4.90 Å². The molecule has 0 aromatic carbocycles. The monoisotopic (exact) mass is 263 g/mol. The van der Waals surface area contributed by atoms with Gasteiger partial charge >= 0.3 is 0 Å². The molecule has 18 heavy (non-hydrogen) atoms. The lowest BCUT2D eigenvalue weighted by molar-refractivity contribution is 0.335. The summed E-state index contributed by atoms with van der Waals surface area (Å²) >= 11 is 5.27. The molecular formula is C12H17N5S. The number of nitrogens with zero attached hydrogens (tertiary/aromatic N) is 4. The van der Waals surface area contributed by atoms with Crippen LogP contribution in [0.4, 0.5) is 0 Å². The fraction of sp³-hybridized carbons (Fsp3) is 0.417. The molecule has 0 aliphatic heterocycles. The normalized spacial score (nSPS) is 11.1. The van der Waals surface area contributed by atoms with Gasteiger partial charge in [0.05, 0.1) is 0 Å². The van der Waals surface area contributed by atoms with Crippen LogP contribution in [0.3, 0.4) is 0 Å². The van der Waals surface area contributed by atoms with Gasteiger partial charge in [0.2, 0.25) is 0 Å². The lowest BCUT2D eigenvalue weighted by atomic mass is 10.2. The van der Waals surface area contributed by atoms with Crippen molar-refractivity contribution in [1.82, 2.24) is 24.6 Å². The summed E-state index contributed by atoms with van der Waals surface area (Å²) in [6.07, 6.45) is 3.52. The molecule has 2 heterocycles. The van der Waals surface area contributed by atoms with E-state index < -0.39 is 0 Å². The quantitative estimate of drug-likeness (QED) is 0.838. The van der Waals surface area contributed by atoms with Crippen LogP contribution in [-0.4, -0.2) is 44.8 Å². The predicted octanol–water partition coefficient (Wildman–Crippen LogP) is 1.95. The zero-order chi connectivity index (χ0) is 13.0. The van der Waals surface area contributed by atoms with Crippen LogP contribution in [0.25, 0.3) is 11.4 Å². The zero-order valence-corrected chi connectivity index (χ0v) is 11.4. The fourth-order valence-corrected chi connectivity index (χ4v) is 1.90. The molecule has 0 aliphatic carbocycles. The van der Waals surface area contributed by atoms with E-state index in [1.165, 1.54) is 0 Å². The minimum atomic E-state index is 0.659. The third-order valence-electron chi connectivity index (χ3n) is 2.94. The Morgan fingerprint density at radius 3 is 2.78 bits per heavy atom. The smallest absolute Gasteiger partial charge is 0.195 e. The first kappa shape index (κ1) is 12.9. The lowest BCUT2D eigenvalue weighted by Crippen LogP contribution is -2.23. The Morgan fingerprint density at radius 2 is 2.11 bits per heavy atom. The summed E-state index contributed by atoms with van der Waals surface area (Å²) in [5.74, 6) is 0.868. The first-order valence-electron chi connectivity index (χ1n) is 5.96. The summed E-state index contributed by atoms with van der Waals surface area (Å²) in [6.45, 7) is 4.94. The summed E-state index contributed by atoms with van der Waals surface area (Å²) in [6, 6.07) is 3.87. The van der Waals surface area contributed by atoms with E-state index in [1.54, 1.807) is 12.4 Å². The van der Waals surface area contributed by atoms with Crippen molar-refractivity contribution in [3.63, 3.8) is 0 Å². The summed E-state index contributed by atoms with van der Waals surface area (Å²) in [5, 5.41) is 7.14. The Kier molecular flexibility index (Phi) is 4.22. The van der Waals surface area contributed by atoms with E-state index in [9.17, 15) is 0 Å². The van der Waals surface area contributed by atoms with Gasteiger partial charge in [0.15, 0.2) is 10.6 Å². The van der Waals surface area contributed by atoms with E-state index in [2.05, 4.69) is 34.1 Å². The number of aromatic amines is 1. The molecule has 5 nitrogen and oxygen atoms in total. The van der Waals surface area contributed by atoms with Crippen LogP contribution in [0, 0.1) is 4.77 Å². The summed E-state index contributed by atoms with van der Waals surface area (Å²) < 4.78 is 2.68. The van der Waals surface area contributed by atoms with Gasteiger partial charge in [-0.1, -0.05) is 6.92 Å². The van der Waals surface area contributed by atoms with E-state index in [1.807, 2.05) is 16.7 Å². The minimum absolute atomic E-state index is 0.659. The second kappa shape index (κ2) is 5.88. The third kappa shape index (κ3) is 2.83. The first-order chi connectivity index (χ1) is 8.72. The van der Waals surface area contributed by atoms with Crippen molar-refractivity contribution in [1.29, 1.82) is 0 Å². The van der Waals surface area contributed by atoms with Crippen molar-refractivity contribution in [3.05, 3.63) is 29.3 Å². The zero-order valence-electron chi connectivity index (χ0n) is 10.6. The van der Waals surface area contributed by atoms with Gasteiger partial charge in [0.1, 0.15) is 0 Å². The Morgan fingerprint density at radius 1 is 1.39 bits per heavy atom.